The van der Waals surface area contributed by atoms with Crippen LogP contribution in [0.25, 0.3) is 0 Å². The van der Waals surface area contributed by atoms with E-state index in [0.29, 0.717) is 34.4 Å². The predicted molar refractivity (Wildman–Crippen MR) is 100 cm³/mol. The Morgan fingerprint density at radius 1 is 1.15 bits per heavy atom. The molecule has 0 aliphatic rings. The second kappa shape index (κ2) is 7.93. The van der Waals surface area contributed by atoms with Crippen molar-refractivity contribution in [2.75, 3.05) is 19.5 Å². The van der Waals surface area contributed by atoms with E-state index in [4.69, 9.17) is 21.1 Å². The minimum absolute atomic E-state index is 0.304. The normalized spacial score (nSPS) is 10.4. The molecule has 2 aromatic carbocycles. The second-order valence-electron chi connectivity index (χ2n) is 5.59. The van der Waals surface area contributed by atoms with Crippen LogP contribution in [0.4, 0.5) is 5.69 Å². The summed E-state index contributed by atoms with van der Waals surface area (Å²) in [4.78, 5) is 16.6. The van der Waals surface area contributed by atoms with Gasteiger partial charge in [-0.1, -0.05) is 23.7 Å². The first-order valence-corrected chi connectivity index (χ1v) is 8.26. The summed E-state index contributed by atoms with van der Waals surface area (Å²) in [5.74, 6) is 0.829. The smallest absolute Gasteiger partial charge is 0.275 e. The number of benzene rings is 2. The Balaban J connectivity index is 1.70. The molecule has 3 rings (SSSR count). The van der Waals surface area contributed by atoms with Crippen LogP contribution < -0.4 is 14.8 Å². The molecule has 3 aromatic rings. The minimum Gasteiger partial charge on any atom is -0.493 e. The van der Waals surface area contributed by atoms with Gasteiger partial charge in [-0.3, -0.25) is 4.79 Å². The van der Waals surface area contributed by atoms with Crippen LogP contribution in [-0.4, -0.2) is 29.7 Å². The number of ether oxygens (including phenoxy) is 2. The van der Waals surface area contributed by atoms with Crippen molar-refractivity contribution in [2.24, 2.45) is 0 Å². The fraction of sp³-hybridized carbons (Fsp3) is 0.158. The lowest BCUT2D eigenvalue weighted by molar-refractivity contribution is 0.102. The van der Waals surface area contributed by atoms with Gasteiger partial charge in [-0.05, 0) is 29.8 Å². The van der Waals surface area contributed by atoms with Gasteiger partial charge in [0.25, 0.3) is 5.91 Å². The highest BCUT2D eigenvalue weighted by molar-refractivity contribution is 6.30. The summed E-state index contributed by atoms with van der Waals surface area (Å²) in [6.07, 6.45) is 3.31. The summed E-state index contributed by atoms with van der Waals surface area (Å²) >= 11 is 6.00. The van der Waals surface area contributed by atoms with Crippen LogP contribution in [0.2, 0.25) is 5.02 Å². The maximum Gasteiger partial charge on any atom is 0.275 e. The number of imidazole rings is 1. The largest absolute Gasteiger partial charge is 0.493 e. The minimum atomic E-state index is -0.304. The van der Waals surface area contributed by atoms with E-state index < -0.39 is 0 Å². The van der Waals surface area contributed by atoms with Crippen LogP contribution in [0, 0.1) is 0 Å². The predicted octanol–water partition coefficient (Wildman–Crippen LogP) is 3.85. The van der Waals surface area contributed by atoms with E-state index in [1.165, 1.54) is 0 Å². The van der Waals surface area contributed by atoms with Crippen LogP contribution in [-0.2, 0) is 6.54 Å². The molecule has 7 heteroatoms. The summed E-state index contributed by atoms with van der Waals surface area (Å²) < 4.78 is 12.3. The number of nitrogens with one attached hydrogen (secondary N) is 1. The maximum absolute atomic E-state index is 12.4. The third kappa shape index (κ3) is 4.15. The van der Waals surface area contributed by atoms with Crippen molar-refractivity contribution < 1.29 is 14.3 Å². The molecule has 1 aromatic heterocycles. The van der Waals surface area contributed by atoms with Crippen LogP contribution in [0.15, 0.2) is 55.0 Å². The van der Waals surface area contributed by atoms with E-state index >= 15 is 0 Å². The van der Waals surface area contributed by atoms with E-state index in [2.05, 4.69) is 10.3 Å². The van der Waals surface area contributed by atoms with Crippen LogP contribution in [0.5, 0.6) is 11.5 Å². The lowest BCUT2D eigenvalue weighted by atomic mass is 10.2. The standard InChI is InChI=1S/C19H18ClN3O3/c1-25-17-7-6-15(9-18(17)26-2)22-19(24)16-11-23(12-21-16)10-13-4-3-5-14(20)8-13/h3-9,11-12H,10H2,1-2H3,(H,22,24). The number of rotatable bonds is 6. The summed E-state index contributed by atoms with van der Waals surface area (Å²) in [5.41, 5.74) is 1.95. The molecule has 0 saturated carbocycles. The molecule has 134 valence electrons. The fourth-order valence-electron chi connectivity index (χ4n) is 2.52. The summed E-state index contributed by atoms with van der Waals surface area (Å²) in [6.45, 7) is 0.581. The highest BCUT2D eigenvalue weighted by atomic mass is 35.5. The number of amides is 1. The van der Waals surface area contributed by atoms with Crippen molar-refractivity contribution in [3.63, 3.8) is 0 Å². The van der Waals surface area contributed by atoms with E-state index in [1.54, 1.807) is 44.9 Å². The Bertz CT molecular complexity index is 924. The Labute approximate surface area is 156 Å². The van der Waals surface area contributed by atoms with Crippen molar-refractivity contribution in [1.82, 2.24) is 9.55 Å². The molecule has 6 nitrogen and oxygen atoms in total. The first kappa shape index (κ1) is 17.8. The lowest BCUT2D eigenvalue weighted by Crippen LogP contribution is -2.12. The molecule has 0 saturated heterocycles. The number of hydrogen-bond acceptors (Lipinski definition) is 4. The second-order valence-corrected chi connectivity index (χ2v) is 6.02. The van der Waals surface area contributed by atoms with E-state index in [0.717, 1.165) is 5.56 Å². The zero-order valence-electron chi connectivity index (χ0n) is 14.4. The maximum atomic E-state index is 12.4. The molecular formula is C19H18ClN3O3. The SMILES string of the molecule is COc1ccc(NC(=O)c2cn(Cc3cccc(Cl)c3)cn2)cc1OC. The summed E-state index contributed by atoms with van der Waals surface area (Å²) in [7, 11) is 3.10. The zero-order valence-corrected chi connectivity index (χ0v) is 15.2. The van der Waals surface area contributed by atoms with Crippen molar-refractivity contribution in [1.29, 1.82) is 0 Å². The first-order chi connectivity index (χ1) is 12.6. The molecule has 1 amide bonds. The molecule has 0 aliphatic heterocycles. The molecule has 0 fully saturated rings. The number of carbonyl (C=O) groups is 1. The third-order valence-corrected chi connectivity index (χ3v) is 4.00. The number of aromatic nitrogens is 2. The fourth-order valence-corrected chi connectivity index (χ4v) is 2.73. The molecular weight excluding hydrogens is 354 g/mol. The van der Waals surface area contributed by atoms with Gasteiger partial charge in [0.1, 0.15) is 5.69 Å². The average Bonchev–Trinajstić information content (AvgIpc) is 3.10. The van der Waals surface area contributed by atoms with Gasteiger partial charge in [-0.25, -0.2) is 4.98 Å². The van der Waals surface area contributed by atoms with Gasteiger partial charge >= 0.3 is 0 Å². The first-order valence-electron chi connectivity index (χ1n) is 7.88. The zero-order chi connectivity index (χ0) is 18.5. The van der Waals surface area contributed by atoms with Gasteiger partial charge in [-0.2, -0.15) is 0 Å². The molecule has 0 bridgehead atoms. The van der Waals surface area contributed by atoms with E-state index in [-0.39, 0.29) is 5.91 Å². The molecule has 0 atom stereocenters. The van der Waals surface area contributed by atoms with Crippen LogP contribution >= 0.6 is 11.6 Å². The van der Waals surface area contributed by atoms with Crippen LogP contribution in [0.3, 0.4) is 0 Å². The number of anilines is 1. The highest BCUT2D eigenvalue weighted by Crippen LogP contribution is 2.29. The topological polar surface area (TPSA) is 65.4 Å². The van der Waals surface area contributed by atoms with E-state index in [9.17, 15) is 4.79 Å². The quantitative estimate of drug-likeness (QED) is 0.714. The number of hydrogen-bond donors (Lipinski definition) is 1. The van der Waals surface area contributed by atoms with Crippen LogP contribution in [0.1, 0.15) is 16.1 Å². The van der Waals surface area contributed by atoms with Gasteiger partial charge < -0.3 is 19.4 Å². The third-order valence-electron chi connectivity index (χ3n) is 3.76. The van der Waals surface area contributed by atoms with Gasteiger partial charge in [0, 0.05) is 29.5 Å². The highest BCUT2D eigenvalue weighted by Gasteiger charge is 2.12. The van der Waals surface area contributed by atoms with Crippen molar-refractivity contribution in [3.8, 4) is 11.5 Å². The number of nitrogens with zero attached hydrogens (tertiary/aromatic N) is 2. The summed E-state index contributed by atoms with van der Waals surface area (Å²) in [6, 6.07) is 12.7. The molecule has 1 heterocycles. The van der Waals surface area contributed by atoms with Gasteiger partial charge in [0.15, 0.2) is 11.5 Å². The Hall–Kier alpha value is -2.99. The Kier molecular flexibility index (Phi) is 5.43. The Morgan fingerprint density at radius 2 is 1.96 bits per heavy atom. The molecule has 0 aliphatic carbocycles. The van der Waals surface area contributed by atoms with Crippen molar-refractivity contribution >= 4 is 23.2 Å². The van der Waals surface area contributed by atoms with Crippen molar-refractivity contribution in [3.05, 3.63) is 71.3 Å². The van der Waals surface area contributed by atoms with E-state index in [1.807, 2.05) is 28.8 Å². The molecule has 0 radical (unpaired) electrons. The van der Waals surface area contributed by atoms with Crippen molar-refractivity contribution in [2.45, 2.75) is 6.54 Å². The average molecular weight is 372 g/mol. The monoisotopic (exact) mass is 371 g/mol. The molecule has 0 unspecified atom stereocenters. The number of halogens is 1. The number of carbonyl (C=O) groups excluding carboxylic acids is 1. The van der Waals surface area contributed by atoms with Gasteiger partial charge in [0.2, 0.25) is 0 Å². The summed E-state index contributed by atoms with van der Waals surface area (Å²) in [5, 5.41) is 3.47. The molecule has 0 spiro atoms. The molecule has 26 heavy (non-hydrogen) atoms. The lowest BCUT2D eigenvalue weighted by Gasteiger charge is -2.10. The number of methoxy groups -OCH3 is 2. The van der Waals surface area contributed by atoms with Gasteiger partial charge in [0.05, 0.1) is 20.5 Å². The van der Waals surface area contributed by atoms with Gasteiger partial charge in [-0.15, -0.1) is 0 Å². The molecule has 1 N–H and O–H groups in total. The Morgan fingerprint density at radius 3 is 2.69 bits per heavy atom.